The van der Waals surface area contributed by atoms with Crippen molar-refractivity contribution < 1.29 is 23.9 Å². The number of hydrogen-bond donors (Lipinski definition) is 0. The number of esters is 2. The third kappa shape index (κ3) is 1.61. The molecule has 1 fully saturated rings. The summed E-state index contributed by atoms with van der Waals surface area (Å²) in [6, 6.07) is 0. The number of cyclic esters (lactones) is 1. The van der Waals surface area contributed by atoms with Crippen LogP contribution in [-0.2, 0) is 23.9 Å². The van der Waals surface area contributed by atoms with Gasteiger partial charge in [-0.1, -0.05) is 0 Å². The smallest absolute Gasteiger partial charge is 0.375 e. The van der Waals surface area contributed by atoms with Crippen LogP contribution >= 0.6 is 0 Å². The van der Waals surface area contributed by atoms with Crippen LogP contribution < -0.4 is 0 Å². The van der Waals surface area contributed by atoms with Crippen LogP contribution in [0.4, 0.5) is 0 Å². The first-order valence-electron chi connectivity index (χ1n) is 3.55. The second kappa shape index (κ2) is 3.34. The molecule has 1 saturated heterocycles. The summed E-state index contributed by atoms with van der Waals surface area (Å²) in [5, 5.41) is 0. The molecular formula is C7H8O5. The van der Waals surface area contributed by atoms with Gasteiger partial charge in [-0.2, -0.15) is 0 Å². The Kier molecular flexibility index (Phi) is 2.42. The van der Waals surface area contributed by atoms with Gasteiger partial charge in [0.2, 0.25) is 11.9 Å². The summed E-state index contributed by atoms with van der Waals surface area (Å²) < 4.78 is 8.98. The molecule has 12 heavy (non-hydrogen) atoms. The fourth-order valence-corrected chi connectivity index (χ4v) is 0.855. The lowest BCUT2D eigenvalue weighted by Gasteiger charge is -2.05. The Morgan fingerprint density at radius 1 is 1.67 bits per heavy atom. The fraction of sp³-hybridized carbons (Fsp3) is 0.571. The standard InChI is InChI=1S/C7H8O5/c1-2-11-7(10)5-3-4(8)6(9)12-5/h5H,2-3H2,1H3/t5-/m1/s1. The van der Waals surface area contributed by atoms with Gasteiger partial charge in [0.25, 0.3) is 0 Å². The first kappa shape index (κ1) is 8.70. The van der Waals surface area contributed by atoms with Crippen molar-refractivity contribution in [1.29, 1.82) is 0 Å². The molecule has 0 unspecified atom stereocenters. The summed E-state index contributed by atoms with van der Waals surface area (Å²) in [6.07, 6.45) is -1.22. The lowest BCUT2D eigenvalue weighted by molar-refractivity contribution is -0.161. The molecule has 5 heteroatoms. The SMILES string of the molecule is CCOC(=O)[C@H]1CC(=O)C(=O)O1. The van der Waals surface area contributed by atoms with Crippen molar-refractivity contribution in [3.05, 3.63) is 0 Å². The number of rotatable bonds is 2. The minimum atomic E-state index is -1.02. The number of ether oxygens (including phenoxy) is 2. The van der Waals surface area contributed by atoms with Gasteiger partial charge < -0.3 is 9.47 Å². The van der Waals surface area contributed by atoms with Crippen LogP contribution in [0.15, 0.2) is 0 Å². The fourth-order valence-electron chi connectivity index (χ4n) is 0.855. The summed E-state index contributed by atoms with van der Waals surface area (Å²) in [4.78, 5) is 32.0. The van der Waals surface area contributed by atoms with Crippen molar-refractivity contribution in [3.8, 4) is 0 Å². The van der Waals surface area contributed by atoms with Crippen molar-refractivity contribution in [2.45, 2.75) is 19.4 Å². The maximum atomic E-state index is 10.9. The van der Waals surface area contributed by atoms with Gasteiger partial charge in [0.05, 0.1) is 13.0 Å². The Labute approximate surface area is 68.6 Å². The van der Waals surface area contributed by atoms with Crippen LogP contribution in [0.25, 0.3) is 0 Å². The van der Waals surface area contributed by atoms with Gasteiger partial charge >= 0.3 is 11.9 Å². The van der Waals surface area contributed by atoms with Crippen molar-refractivity contribution in [2.24, 2.45) is 0 Å². The lowest BCUT2D eigenvalue weighted by atomic mass is 10.2. The average molecular weight is 172 g/mol. The maximum absolute atomic E-state index is 10.9. The molecule has 1 rings (SSSR count). The van der Waals surface area contributed by atoms with Gasteiger partial charge in [0, 0.05) is 0 Å². The van der Waals surface area contributed by atoms with Gasteiger partial charge in [0.15, 0.2) is 0 Å². The van der Waals surface area contributed by atoms with Crippen LogP contribution in [-0.4, -0.2) is 30.4 Å². The highest BCUT2D eigenvalue weighted by Gasteiger charge is 2.37. The molecule has 0 spiro atoms. The van der Waals surface area contributed by atoms with Crippen LogP contribution in [0, 0.1) is 0 Å². The number of hydrogen-bond acceptors (Lipinski definition) is 5. The molecule has 5 nitrogen and oxygen atoms in total. The molecule has 1 aliphatic rings. The first-order chi connectivity index (χ1) is 5.65. The zero-order valence-electron chi connectivity index (χ0n) is 6.53. The molecule has 0 aliphatic carbocycles. The van der Waals surface area contributed by atoms with E-state index in [-0.39, 0.29) is 13.0 Å². The maximum Gasteiger partial charge on any atom is 0.375 e. The largest absolute Gasteiger partial charge is 0.463 e. The zero-order valence-corrected chi connectivity index (χ0v) is 6.53. The normalized spacial score (nSPS) is 22.2. The summed E-state index contributed by atoms with van der Waals surface area (Å²) in [6.45, 7) is 1.84. The van der Waals surface area contributed by atoms with Crippen molar-refractivity contribution >= 4 is 17.7 Å². The Morgan fingerprint density at radius 3 is 2.75 bits per heavy atom. The predicted octanol–water partition coefficient (Wildman–Crippen LogP) is -0.566. The Balaban J connectivity index is 2.51. The molecule has 0 bridgehead atoms. The molecule has 66 valence electrons. The van der Waals surface area contributed by atoms with Crippen LogP contribution in [0.5, 0.6) is 0 Å². The highest BCUT2D eigenvalue weighted by molar-refractivity contribution is 6.36. The molecule has 0 N–H and O–H groups in total. The summed E-state index contributed by atoms with van der Waals surface area (Å²) in [5.74, 6) is -2.28. The van der Waals surface area contributed by atoms with Crippen molar-refractivity contribution in [3.63, 3.8) is 0 Å². The van der Waals surface area contributed by atoms with Gasteiger partial charge in [-0.15, -0.1) is 0 Å². The van der Waals surface area contributed by atoms with E-state index in [4.69, 9.17) is 0 Å². The number of carbonyl (C=O) groups excluding carboxylic acids is 3. The van der Waals surface area contributed by atoms with Crippen LogP contribution in [0.3, 0.4) is 0 Å². The van der Waals surface area contributed by atoms with E-state index in [0.29, 0.717) is 0 Å². The topological polar surface area (TPSA) is 69.7 Å². The minimum absolute atomic E-state index is 0.197. The second-order valence-electron chi connectivity index (χ2n) is 2.27. The molecule has 0 aromatic carbocycles. The highest BCUT2D eigenvalue weighted by Crippen LogP contribution is 2.11. The van der Waals surface area contributed by atoms with E-state index in [0.717, 1.165) is 0 Å². The molecule has 0 radical (unpaired) electrons. The van der Waals surface area contributed by atoms with Crippen molar-refractivity contribution in [1.82, 2.24) is 0 Å². The van der Waals surface area contributed by atoms with Gasteiger partial charge in [0.1, 0.15) is 0 Å². The van der Waals surface area contributed by atoms with Crippen LogP contribution in [0.2, 0.25) is 0 Å². The molecule has 0 saturated carbocycles. The Bertz CT molecular complexity index is 216. The average Bonchev–Trinajstić information content (AvgIpc) is 2.33. The van der Waals surface area contributed by atoms with E-state index in [1.54, 1.807) is 6.92 Å². The molecule has 0 aromatic heterocycles. The number of carbonyl (C=O) groups is 3. The zero-order chi connectivity index (χ0) is 9.14. The molecular weight excluding hydrogens is 164 g/mol. The molecule has 0 amide bonds. The summed E-state index contributed by atoms with van der Waals surface area (Å²) in [5.41, 5.74) is 0. The van der Waals surface area contributed by atoms with E-state index < -0.39 is 23.8 Å². The van der Waals surface area contributed by atoms with Gasteiger partial charge in [-0.3, -0.25) is 4.79 Å². The molecule has 1 heterocycles. The number of ketones is 1. The molecule has 0 aromatic rings. The number of Topliss-reactive ketones (excluding diaryl/α,β-unsaturated/α-hetero) is 1. The van der Waals surface area contributed by atoms with E-state index in [2.05, 4.69) is 9.47 Å². The van der Waals surface area contributed by atoms with E-state index >= 15 is 0 Å². The van der Waals surface area contributed by atoms with E-state index in [1.165, 1.54) is 0 Å². The molecule has 1 atom stereocenters. The van der Waals surface area contributed by atoms with Crippen LogP contribution in [0.1, 0.15) is 13.3 Å². The monoisotopic (exact) mass is 172 g/mol. The minimum Gasteiger partial charge on any atom is -0.463 e. The summed E-state index contributed by atoms with van der Waals surface area (Å²) >= 11 is 0. The van der Waals surface area contributed by atoms with E-state index in [1.807, 2.05) is 0 Å². The Hall–Kier alpha value is -1.39. The second-order valence-corrected chi connectivity index (χ2v) is 2.27. The quantitative estimate of drug-likeness (QED) is 0.412. The predicted molar refractivity (Wildman–Crippen MR) is 36.1 cm³/mol. The summed E-state index contributed by atoms with van der Waals surface area (Å²) in [7, 11) is 0. The van der Waals surface area contributed by atoms with Crippen molar-refractivity contribution in [2.75, 3.05) is 6.61 Å². The van der Waals surface area contributed by atoms with Gasteiger partial charge in [-0.25, -0.2) is 9.59 Å². The third-order valence-corrected chi connectivity index (χ3v) is 1.40. The molecule has 1 aliphatic heterocycles. The van der Waals surface area contributed by atoms with Gasteiger partial charge in [-0.05, 0) is 6.92 Å². The first-order valence-corrected chi connectivity index (χ1v) is 3.55. The third-order valence-electron chi connectivity index (χ3n) is 1.40. The van der Waals surface area contributed by atoms with E-state index in [9.17, 15) is 14.4 Å². The highest BCUT2D eigenvalue weighted by atomic mass is 16.6. The Morgan fingerprint density at radius 2 is 2.33 bits per heavy atom. The lowest BCUT2D eigenvalue weighted by Crippen LogP contribution is -2.22.